The average Bonchev–Trinajstić information content (AvgIpc) is 2.85. The third-order valence-electron chi connectivity index (χ3n) is 3.40. The van der Waals surface area contributed by atoms with Crippen molar-refractivity contribution >= 4 is 11.6 Å². The monoisotopic (exact) mass is 234 g/mol. The molecule has 94 valence electrons. The Bertz CT molecular complexity index is 353. The average molecular weight is 234 g/mol. The normalized spacial score (nSPS) is 19.6. The highest BCUT2D eigenvalue weighted by Crippen LogP contribution is 2.24. The lowest BCUT2D eigenvalue weighted by Crippen LogP contribution is -2.21. The van der Waals surface area contributed by atoms with E-state index in [0.29, 0.717) is 0 Å². The topological polar surface area (TPSA) is 41.0 Å². The van der Waals surface area contributed by atoms with Crippen molar-refractivity contribution in [3.63, 3.8) is 0 Å². The van der Waals surface area contributed by atoms with Gasteiger partial charge < -0.3 is 10.2 Å². The van der Waals surface area contributed by atoms with Gasteiger partial charge in [0.2, 0.25) is 0 Å². The van der Waals surface area contributed by atoms with Gasteiger partial charge in [-0.25, -0.2) is 9.97 Å². The SMILES string of the molecule is CCCNc1cc(N2CCC(CC)C2)ncn1. The Morgan fingerprint density at radius 2 is 2.29 bits per heavy atom. The summed E-state index contributed by atoms with van der Waals surface area (Å²) >= 11 is 0. The summed E-state index contributed by atoms with van der Waals surface area (Å²) in [4.78, 5) is 11.0. The second-order valence-corrected chi connectivity index (χ2v) is 4.70. The number of anilines is 2. The highest BCUT2D eigenvalue weighted by molar-refractivity contribution is 5.49. The van der Waals surface area contributed by atoms with Crippen molar-refractivity contribution < 1.29 is 0 Å². The Morgan fingerprint density at radius 1 is 1.41 bits per heavy atom. The lowest BCUT2D eigenvalue weighted by molar-refractivity contribution is 0.568. The van der Waals surface area contributed by atoms with Crippen LogP contribution in [-0.4, -0.2) is 29.6 Å². The molecule has 1 saturated heterocycles. The minimum absolute atomic E-state index is 0.831. The van der Waals surface area contributed by atoms with Crippen LogP contribution in [0.4, 0.5) is 11.6 Å². The highest BCUT2D eigenvalue weighted by Gasteiger charge is 2.22. The van der Waals surface area contributed by atoms with E-state index in [2.05, 4.69) is 40.1 Å². The maximum Gasteiger partial charge on any atom is 0.134 e. The summed E-state index contributed by atoms with van der Waals surface area (Å²) in [7, 11) is 0. The van der Waals surface area contributed by atoms with E-state index >= 15 is 0 Å². The van der Waals surface area contributed by atoms with Gasteiger partial charge in [-0.2, -0.15) is 0 Å². The predicted octanol–water partition coefficient (Wildman–Crippen LogP) is 2.53. The smallest absolute Gasteiger partial charge is 0.134 e. The Labute approximate surface area is 103 Å². The summed E-state index contributed by atoms with van der Waals surface area (Å²) in [5.41, 5.74) is 0. The maximum atomic E-state index is 4.37. The van der Waals surface area contributed by atoms with E-state index < -0.39 is 0 Å². The van der Waals surface area contributed by atoms with Gasteiger partial charge in [0, 0.05) is 25.7 Å². The quantitative estimate of drug-likeness (QED) is 0.850. The van der Waals surface area contributed by atoms with E-state index in [-0.39, 0.29) is 0 Å². The Hall–Kier alpha value is -1.32. The Morgan fingerprint density at radius 3 is 3.00 bits per heavy atom. The molecule has 17 heavy (non-hydrogen) atoms. The van der Waals surface area contributed by atoms with E-state index in [1.54, 1.807) is 6.33 Å². The third kappa shape index (κ3) is 3.08. The molecule has 0 spiro atoms. The van der Waals surface area contributed by atoms with Crippen molar-refractivity contribution in [2.24, 2.45) is 5.92 Å². The summed E-state index contributed by atoms with van der Waals surface area (Å²) < 4.78 is 0. The molecule has 0 saturated carbocycles. The van der Waals surface area contributed by atoms with Crippen molar-refractivity contribution in [3.8, 4) is 0 Å². The van der Waals surface area contributed by atoms with Gasteiger partial charge in [-0.1, -0.05) is 20.3 Å². The van der Waals surface area contributed by atoms with E-state index in [9.17, 15) is 0 Å². The maximum absolute atomic E-state index is 4.37. The van der Waals surface area contributed by atoms with Gasteiger partial charge in [-0.05, 0) is 18.8 Å². The first-order chi connectivity index (χ1) is 8.33. The summed E-state index contributed by atoms with van der Waals surface area (Å²) in [5.74, 6) is 2.84. The van der Waals surface area contributed by atoms with Crippen molar-refractivity contribution in [2.45, 2.75) is 33.1 Å². The van der Waals surface area contributed by atoms with Crippen LogP contribution in [0, 0.1) is 5.92 Å². The van der Waals surface area contributed by atoms with E-state index in [1.165, 1.54) is 12.8 Å². The second-order valence-electron chi connectivity index (χ2n) is 4.70. The molecule has 1 aliphatic rings. The molecule has 4 heteroatoms. The van der Waals surface area contributed by atoms with E-state index in [1.807, 2.05) is 0 Å². The van der Waals surface area contributed by atoms with Gasteiger partial charge in [-0.15, -0.1) is 0 Å². The van der Waals surface area contributed by atoms with Gasteiger partial charge >= 0.3 is 0 Å². The molecule has 0 bridgehead atoms. The van der Waals surface area contributed by atoms with Crippen LogP contribution in [0.15, 0.2) is 12.4 Å². The lowest BCUT2D eigenvalue weighted by atomic mass is 10.1. The van der Waals surface area contributed by atoms with Crippen LogP contribution >= 0.6 is 0 Å². The molecule has 2 heterocycles. The minimum Gasteiger partial charge on any atom is -0.370 e. The molecule has 1 N–H and O–H groups in total. The van der Waals surface area contributed by atoms with Crippen LogP contribution in [0.3, 0.4) is 0 Å². The number of nitrogens with one attached hydrogen (secondary N) is 1. The largest absolute Gasteiger partial charge is 0.370 e. The Balaban J connectivity index is 2.01. The fraction of sp³-hybridized carbons (Fsp3) is 0.692. The summed E-state index contributed by atoms with van der Waals surface area (Å²) in [5, 5.41) is 3.31. The fourth-order valence-corrected chi connectivity index (χ4v) is 2.24. The molecule has 1 aromatic rings. The van der Waals surface area contributed by atoms with Crippen LogP contribution in [0.5, 0.6) is 0 Å². The standard InChI is InChI=1S/C13H22N4/c1-3-6-14-12-8-13(16-10-15-12)17-7-5-11(4-2)9-17/h8,10-11H,3-7,9H2,1-2H3,(H,14,15,16). The molecule has 1 atom stereocenters. The molecule has 0 amide bonds. The zero-order valence-corrected chi connectivity index (χ0v) is 10.8. The molecule has 1 unspecified atom stereocenters. The summed E-state index contributed by atoms with van der Waals surface area (Å²) in [6, 6.07) is 2.06. The second kappa shape index (κ2) is 5.84. The molecular formula is C13H22N4. The Kier molecular flexibility index (Phi) is 4.18. The van der Waals surface area contributed by atoms with Crippen LogP contribution in [0.2, 0.25) is 0 Å². The summed E-state index contributed by atoms with van der Waals surface area (Å²) in [6.07, 6.45) is 5.33. The van der Waals surface area contributed by atoms with Crippen LogP contribution in [0.1, 0.15) is 33.1 Å². The molecule has 0 aliphatic carbocycles. The van der Waals surface area contributed by atoms with Crippen molar-refractivity contribution in [1.29, 1.82) is 0 Å². The van der Waals surface area contributed by atoms with Crippen LogP contribution in [0.25, 0.3) is 0 Å². The first-order valence-corrected chi connectivity index (χ1v) is 6.64. The first-order valence-electron chi connectivity index (χ1n) is 6.64. The number of nitrogens with zero attached hydrogens (tertiary/aromatic N) is 3. The van der Waals surface area contributed by atoms with E-state index in [0.717, 1.165) is 43.6 Å². The molecular weight excluding hydrogens is 212 g/mol. The molecule has 1 fully saturated rings. The highest BCUT2D eigenvalue weighted by atomic mass is 15.2. The number of hydrogen-bond acceptors (Lipinski definition) is 4. The first kappa shape index (κ1) is 12.1. The summed E-state index contributed by atoms with van der Waals surface area (Å²) in [6.45, 7) is 7.65. The van der Waals surface area contributed by atoms with Gasteiger partial charge in [-0.3, -0.25) is 0 Å². The van der Waals surface area contributed by atoms with Crippen molar-refractivity contribution in [3.05, 3.63) is 12.4 Å². The van der Waals surface area contributed by atoms with Crippen molar-refractivity contribution in [2.75, 3.05) is 29.9 Å². The van der Waals surface area contributed by atoms with Crippen molar-refractivity contribution in [1.82, 2.24) is 9.97 Å². The predicted molar refractivity (Wildman–Crippen MR) is 71.4 cm³/mol. The van der Waals surface area contributed by atoms with Gasteiger partial charge in [0.05, 0.1) is 0 Å². The molecule has 0 aromatic carbocycles. The zero-order valence-electron chi connectivity index (χ0n) is 10.8. The van der Waals surface area contributed by atoms with E-state index in [4.69, 9.17) is 0 Å². The van der Waals surface area contributed by atoms with Gasteiger partial charge in [0.1, 0.15) is 18.0 Å². The molecule has 1 aliphatic heterocycles. The number of rotatable bonds is 5. The molecule has 2 rings (SSSR count). The van der Waals surface area contributed by atoms with Crippen LogP contribution in [-0.2, 0) is 0 Å². The lowest BCUT2D eigenvalue weighted by Gasteiger charge is -2.17. The molecule has 1 aromatic heterocycles. The zero-order chi connectivity index (χ0) is 12.1. The van der Waals surface area contributed by atoms with Gasteiger partial charge in [0.25, 0.3) is 0 Å². The number of hydrogen-bond donors (Lipinski definition) is 1. The van der Waals surface area contributed by atoms with Crippen LogP contribution < -0.4 is 10.2 Å². The number of aromatic nitrogens is 2. The molecule has 4 nitrogen and oxygen atoms in total. The fourth-order valence-electron chi connectivity index (χ4n) is 2.24. The molecule has 0 radical (unpaired) electrons. The minimum atomic E-state index is 0.831. The van der Waals surface area contributed by atoms with Gasteiger partial charge in [0.15, 0.2) is 0 Å². The third-order valence-corrected chi connectivity index (χ3v) is 3.40.